The third-order valence-electron chi connectivity index (χ3n) is 12.3. The second kappa shape index (κ2) is 13.2. The molecule has 5 aliphatic rings. The number of hydrogen-bond donors (Lipinski definition) is 1. The number of hydrogen-bond acceptors (Lipinski definition) is 11. The molecule has 14 heteroatoms. The molecular formula is C41H43N7O7. The van der Waals surface area contributed by atoms with Crippen molar-refractivity contribution in [2.24, 2.45) is 12.5 Å². The van der Waals surface area contributed by atoms with Gasteiger partial charge in [-0.25, -0.2) is 4.98 Å². The predicted octanol–water partition coefficient (Wildman–Crippen LogP) is 3.33. The molecule has 1 spiro atoms. The smallest absolute Gasteiger partial charge is 0.262 e. The molecule has 1 atom stereocenters. The molecule has 0 bridgehead atoms. The maximum absolute atomic E-state index is 13.4. The highest BCUT2D eigenvalue weighted by Crippen LogP contribution is 2.45. The maximum Gasteiger partial charge on any atom is 0.262 e. The molecule has 1 N–H and O–H groups in total. The van der Waals surface area contributed by atoms with Crippen molar-refractivity contribution in [2.75, 3.05) is 63.3 Å². The summed E-state index contributed by atoms with van der Waals surface area (Å²) in [5.74, 6) is 0.334. The maximum atomic E-state index is 13.4. The SMILES string of the molecule is COc1cc(-c2cn(C)c(=O)c3cnc(N4CCC4)cc23)cc(OC)c1CN1CCC2(CC1)CN(c1ccc3c(c1)C(=O)N(C1CCC(=O)NC1=O)C3=O)C2. The van der Waals surface area contributed by atoms with Crippen LogP contribution in [0.15, 0.2) is 53.6 Å². The van der Waals surface area contributed by atoms with Crippen molar-refractivity contribution in [1.29, 1.82) is 0 Å². The molecular weight excluding hydrogens is 702 g/mol. The molecule has 4 aromatic rings. The molecule has 284 valence electrons. The summed E-state index contributed by atoms with van der Waals surface area (Å²) in [6.07, 6.45) is 6.93. The van der Waals surface area contributed by atoms with E-state index in [-0.39, 0.29) is 29.4 Å². The van der Waals surface area contributed by atoms with E-state index in [1.807, 2.05) is 30.5 Å². The molecule has 7 heterocycles. The Balaban J connectivity index is 0.884. The van der Waals surface area contributed by atoms with Crippen molar-refractivity contribution in [2.45, 2.75) is 44.7 Å². The number of fused-ring (bicyclic) bond motifs is 2. The highest BCUT2D eigenvalue weighted by molar-refractivity contribution is 6.23. The minimum Gasteiger partial charge on any atom is -0.496 e. The van der Waals surface area contributed by atoms with E-state index in [2.05, 4.69) is 25.0 Å². The lowest BCUT2D eigenvalue weighted by Crippen LogP contribution is -2.60. The van der Waals surface area contributed by atoms with Crippen LogP contribution in [0.5, 0.6) is 11.5 Å². The van der Waals surface area contributed by atoms with Crippen LogP contribution in [0.1, 0.15) is 58.4 Å². The average molecular weight is 746 g/mol. The number of carbonyl (C=O) groups is 4. The number of nitrogens with zero attached hydrogens (tertiary/aromatic N) is 6. The molecule has 2 aromatic heterocycles. The molecule has 0 radical (unpaired) electrons. The van der Waals surface area contributed by atoms with Crippen LogP contribution in [0.4, 0.5) is 11.5 Å². The lowest BCUT2D eigenvalue weighted by Gasteiger charge is -2.55. The summed E-state index contributed by atoms with van der Waals surface area (Å²) in [5.41, 5.74) is 4.31. The minimum atomic E-state index is -0.981. The van der Waals surface area contributed by atoms with Gasteiger partial charge in [-0.15, -0.1) is 0 Å². The summed E-state index contributed by atoms with van der Waals surface area (Å²) < 4.78 is 13.6. The average Bonchev–Trinajstić information content (AvgIpc) is 3.39. The third kappa shape index (κ3) is 5.81. The van der Waals surface area contributed by atoms with E-state index < -0.39 is 29.7 Å². The van der Waals surface area contributed by atoms with Gasteiger partial charge in [-0.1, -0.05) is 0 Å². The summed E-state index contributed by atoms with van der Waals surface area (Å²) in [6, 6.07) is 10.4. The van der Waals surface area contributed by atoms with E-state index in [4.69, 9.17) is 9.47 Å². The molecule has 0 saturated carbocycles. The van der Waals surface area contributed by atoms with Gasteiger partial charge in [-0.3, -0.25) is 39.1 Å². The molecule has 14 nitrogen and oxygen atoms in total. The van der Waals surface area contributed by atoms with Gasteiger partial charge < -0.3 is 23.8 Å². The summed E-state index contributed by atoms with van der Waals surface area (Å²) in [6.45, 7) is 6.08. The molecule has 55 heavy (non-hydrogen) atoms. The standard InChI is InChI=1S/C41H43N7O7/c1-44-20-30(27-18-35(46-11-4-12-46)42-19-29(27)38(44)51)24-15-33(54-2)31(34(16-24)55-3)21-45-13-9-41(10-14-45)22-47(23-41)25-5-6-26-28(17-25)40(53)48(39(26)52)32-7-8-36(49)43-37(32)50/h5-6,15-20,32H,4,7-14,21-23H2,1-3H3,(H,43,49,50). The van der Waals surface area contributed by atoms with Crippen molar-refractivity contribution in [1.82, 2.24) is 24.7 Å². The zero-order valence-corrected chi connectivity index (χ0v) is 31.2. The van der Waals surface area contributed by atoms with E-state index in [9.17, 15) is 24.0 Å². The molecule has 4 fully saturated rings. The van der Waals surface area contributed by atoms with Gasteiger partial charge in [0.1, 0.15) is 23.4 Å². The van der Waals surface area contributed by atoms with Crippen LogP contribution < -0.4 is 30.1 Å². The number of imide groups is 2. The molecule has 4 amide bonds. The number of piperidine rings is 2. The molecule has 1 unspecified atom stereocenters. The fraction of sp³-hybridized carbons (Fsp3) is 0.415. The second-order valence-corrected chi connectivity index (χ2v) is 15.6. The number of likely N-dealkylation sites (tertiary alicyclic amines) is 1. The zero-order valence-electron chi connectivity index (χ0n) is 31.2. The number of rotatable bonds is 8. The zero-order chi connectivity index (χ0) is 38.2. The first-order valence-electron chi connectivity index (χ1n) is 18.9. The predicted molar refractivity (Wildman–Crippen MR) is 205 cm³/mol. The first-order valence-corrected chi connectivity index (χ1v) is 18.9. The quantitative estimate of drug-likeness (QED) is 0.265. The van der Waals surface area contributed by atoms with Crippen molar-refractivity contribution in [3.63, 3.8) is 0 Å². The van der Waals surface area contributed by atoms with Crippen molar-refractivity contribution in [3.8, 4) is 22.6 Å². The van der Waals surface area contributed by atoms with Crippen molar-refractivity contribution < 1.29 is 28.7 Å². The number of carbonyl (C=O) groups excluding carboxylic acids is 4. The molecule has 9 rings (SSSR count). The van der Waals surface area contributed by atoms with Gasteiger partial charge in [0.15, 0.2) is 0 Å². The van der Waals surface area contributed by atoms with E-state index in [0.29, 0.717) is 17.5 Å². The number of anilines is 2. The number of aryl methyl sites for hydroxylation is 1. The molecule has 0 aliphatic carbocycles. The normalized spacial score (nSPS) is 20.8. The van der Waals surface area contributed by atoms with Crippen LogP contribution >= 0.6 is 0 Å². The van der Waals surface area contributed by atoms with Gasteiger partial charge in [-0.2, -0.15) is 0 Å². The lowest BCUT2D eigenvalue weighted by molar-refractivity contribution is -0.136. The Hall–Kier alpha value is -5.76. The van der Waals surface area contributed by atoms with Crippen LogP contribution in [0.25, 0.3) is 21.9 Å². The van der Waals surface area contributed by atoms with Crippen LogP contribution in [-0.2, 0) is 23.2 Å². The number of amides is 4. The van der Waals surface area contributed by atoms with E-state index in [0.717, 1.165) is 109 Å². The van der Waals surface area contributed by atoms with E-state index in [1.165, 1.54) is 0 Å². The van der Waals surface area contributed by atoms with Gasteiger partial charge in [0.05, 0.1) is 36.3 Å². The first kappa shape index (κ1) is 35.0. The molecule has 4 saturated heterocycles. The Morgan fingerprint density at radius 3 is 2.20 bits per heavy atom. The van der Waals surface area contributed by atoms with Gasteiger partial charge >= 0.3 is 0 Å². The Bertz CT molecular complexity index is 2330. The summed E-state index contributed by atoms with van der Waals surface area (Å²) in [7, 11) is 5.11. The van der Waals surface area contributed by atoms with Crippen molar-refractivity contribution in [3.05, 3.63) is 75.8 Å². The highest BCUT2D eigenvalue weighted by atomic mass is 16.5. The van der Waals surface area contributed by atoms with Crippen LogP contribution in [0.2, 0.25) is 0 Å². The number of nitrogens with one attached hydrogen (secondary N) is 1. The highest BCUT2D eigenvalue weighted by Gasteiger charge is 2.47. The Morgan fingerprint density at radius 2 is 1.55 bits per heavy atom. The van der Waals surface area contributed by atoms with Gasteiger partial charge in [0.2, 0.25) is 11.8 Å². The number of pyridine rings is 2. The largest absolute Gasteiger partial charge is 0.496 e. The lowest BCUT2D eigenvalue weighted by atomic mass is 9.71. The fourth-order valence-corrected chi connectivity index (χ4v) is 8.92. The monoisotopic (exact) mass is 745 g/mol. The van der Waals surface area contributed by atoms with Gasteiger partial charge in [-0.05, 0) is 80.7 Å². The first-order chi connectivity index (χ1) is 26.6. The van der Waals surface area contributed by atoms with Gasteiger partial charge in [0.25, 0.3) is 17.4 Å². The van der Waals surface area contributed by atoms with Crippen LogP contribution in [0, 0.1) is 5.41 Å². The van der Waals surface area contributed by atoms with Crippen molar-refractivity contribution >= 4 is 45.9 Å². The topological polar surface area (TPSA) is 147 Å². The fourth-order valence-electron chi connectivity index (χ4n) is 8.92. The van der Waals surface area contributed by atoms with Crippen LogP contribution in [-0.4, -0.2) is 103 Å². The Kier molecular flexibility index (Phi) is 8.41. The van der Waals surface area contributed by atoms with Gasteiger partial charge in [0, 0.05) is 80.6 Å². The second-order valence-electron chi connectivity index (χ2n) is 15.6. The molecule has 5 aliphatic heterocycles. The minimum absolute atomic E-state index is 0.0870. The Morgan fingerprint density at radius 1 is 0.836 bits per heavy atom. The summed E-state index contributed by atoms with van der Waals surface area (Å²) >= 11 is 0. The van der Waals surface area contributed by atoms with E-state index in [1.54, 1.807) is 44.2 Å². The number of methoxy groups -OCH3 is 2. The summed E-state index contributed by atoms with van der Waals surface area (Å²) in [5, 5.41) is 3.66. The molecule has 2 aromatic carbocycles. The third-order valence-corrected chi connectivity index (χ3v) is 12.3. The van der Waals surface area contributed by atoms with Crippen LogP contribution in [0.3, 0.4) is 0 Å². The summed E-state index contributed by atoms with van der Waals surface area (Å²) in [4.78, 5) is 76.3. The number of aromatic nitrogens is 2. The van der Waals surface area contributed by atoms with E-state index >= 15 is 0 Å². The Labute approximate surface area is 317 Å². The number of ether oxygens (including phenoxy) is 2. The number of benzene rings is 2.